The highest BCUT2D eigenvalue weighted by molar-refractivity contribution is 7.89. The number of nitrogen functional groups attached to an aromatic ring is 1. The molecule has 2 aromatic carbocycles. The summed E-state index contributed by atoms with van der Waals surface area (Å²) < 4.78 is 27.5. The summed E-state index contributed by atoms with van der Waals surface area (Å²) in [6.07, 6.45) is 2.68. The van der Waals surface area contributed by atoms with E-state index in [2.05, 4.69) is 5.32 Å². The van der Waals surface area contributed by atoms with Crippen molar-refractivity contribution in [3.63, 3.8) is 0 Å². The maximum atomic E-state index is 13.0. The number of carbonyl (C=O) groups excluding carboxylic acids is 1. The van der Waals surface area contributed by atoms with Crippen LogP contribution in [-0.2, 0) is 10.0 Å². The first-order chi connectivity index (χ1) is 13.2. The van der Waals surface area contributed by atoms with Gasteiger partial charge >= 0.3 is 0 Å². The van der Waals surface area contributed by atoms with Crippen molar-refractivity contribution < 1.29 is 13.2 Å². The van der Waals surface area contributed by atoms with Crippen LogP contribution in [0.15, 0.2) is 41.3 Å². The Kier molecular flexibility index (Phi) is 6.19. The van der Waals surface area contributed by atoms with Gasteiger partial charge in [-0.2, -0.15) is 4.31 Å². The van der Waals surface area contributed by atoms with Gasteiger partial charge in [-0.3, -0.25) is 4.79 Å². The molecule has 6 nitrogen and oxygen atoms in total. The van der Waals surface area contributed by atoms with Gasteiger partial charge in [-0.05, 0) is 50.1 Å². The number of nitrogens with one attached hydrogen (secondary N) is 1. The molecule has 1 atom stereocenters. The van der Waals surface area contributed by atoms with Crippen LogP contribution in [0, 0.1) is 0 Å². The van der Waals surface area contributed by atoms with E-state index in [0.717, 1.165) is 19.3 Å². The lowest BCUT2D eigenvalue weighted by Gasteiger charge is -2.32. The molecule has 1 aliphatic heterocycles. The second kappa shape index (κ2) is 8.29. The second-order valence-corrected chi connectivity index (χ2v) is 9.50. The molecule has 1 fully saturated rings. The first kappa shape index (κ1) is 20.9. The highest BCUT2D eigenvalue weighted by atomic mass is 35.5. The van der Waals surface area contributed by atoms with Crippen molar-refractivity contribution in [2.75, 3.05) is 17.6 Å². The quantitative estimate of drug-likeness (QED) is 0.687. The largest absolute Gasteiger partial charge is 0.396 e. The molecule has 0 saturated carbocycles. The van der Waals surface area contributed by atoms with Gasteiger partial charge in [0, 0.05) is 23.8 Å². The van der Waals surface area contributed by atoms with E-state index in [1.165, 1.54) is 28.6 Å². The van der Waals surface area contributed by atoms with E-state index < -0.39 is 15.9 Å². The smallest absolute Gasteiger partial charge is 0.255 e. The molecule has 0 aliphatic carbocycles. The van der Waals surface area contributed by atoms with Crippen LogP contribution >= 0.6 is 23.2 Å². The minimum atomic E-state index is -3.66. The number of hydrogen-bond donors (Lipinski definition) is 2. The summed E-state index contributed by atoms with van der Waals surface area (Å²) in [6.45, 7) is 2.39. The number of anilines is 2. The number of sulfonamides is 1. The van der Waals surface area contributed by atoms with Crippen molar-refractivity contribution in [2.24, 2.45) is 0 Å². The van der Waals surface area contributed by atoms with Gasteiger partial charge in [-0.1, -0.05) is 35.7 Å². The topological polar surface area (TPSA) is 92.5 Å². The number of halogens is 2. The molecule has 1 heterocycles. The maximum Gasteiger partial charge on any atom is 0.255 e. The first-order valence-electron chi connectivity index (χ1n) is 8.88. The van der Waals surface area contributed by atoms with E-state index in [9.17, 15) is 13.2 Å². The Labute approximate surface area is 174 Å². The Morgan fingerprint density at radius 3 is 2.50 bits per heavy atom. The number of hydrogen-bond acceptors (Lipinski definition) is 4. The van der Waals surface area contributed by atoms with Gasteiger partial charge in [0.15, 0.2) is 0 Å². The zero-order valence-electron chi connectivity index (χ0n) is 15.3. The summed E-state index contributed by atoms with van der Waals surface area (Å²) in [6, 6.07) is 8.90. The van der Waals surface area contributed by atoms with Crippen LogP contribution in [0.1, 0.15) is 36.5 Å². The van der Waals surface area contributed by atoms with Crippen molar-refractivity contribution in [3.8, 4) is 0 Å². The van der Waals surface area contributed by atoms with Crippen LogP contribution in [0.5, 0.6) is 0 Å². The van der Waals surface area contributed by atoms with Gasteiger partial charge in [0.2, 0.25) is 10.0 Å². The van der Waals surface area contributed by atoms with Crippen molar-refractivity contribution in [2.45, 2.75) is 37.1 Å². The fourth-order valence-corrected chi connectivity index (χ4v) is 5.45. The molecule has 0 bridgehead atoms. The number of benzene rings is 2. The minimum Gasteiger partial charge on any atom is -0.396 e. The van der Waals surface area contributed by atoms with Gasteiger partial charge in [-0.25, -0.2) is 8.42 Å². The Hall–Kier alpha value is -1.80. The predicted octanol–water partition coefficient (Wildman–Crippen LogP) is 4.39. The molecular formula is C19H21Cl2N3O3S. The standard InChI is InChI=1S/C19H21Cl2N3O3S/c1-12-5-2-3-8-24(12)28(26,27)15-7-4-6-13(9-15)19(25)23-14-10-16(20)18(22)17(21)11-14/h4,6-7,9-12H,2-3,5,8,22H2,1H3,(H,23,25). The molecule has 28 heavy (non-hydrogen) atoms. The summed E-state index contributed by atoms with van der Waals surface area (Å²) in [7, 11) is -3.66. The van der Waals surface area contributed by atoms with Crippen LogP contribution in [0.4, 0.5) is 11.4 Å². The number of nitrogens with two attached hydrogens (primary N) is 1. The fraction of sp³-hybridized carbons (Fsp3) is 0.316. The normalized spacial score (nSPS) is 18.0. The summed E-state index contributed by atoms with van der Waals surface area (Å²) in [5.41, 5.74) is 6.51. The molecule has 9 heteroatoms. The van der Waals surface area contributed by atoms with E-state index in [4.69, 9.17) is 28.9 Å². The van der Waals surface area contributed by atoms with E-state index in [1.807, 2.05) is 6.92 Å². The molecule has 0 radical (unpaired) electrons. The SMILES string of the molecule is CC1CCCCN1S(=O)(=O)c1cccc(C(=O)Nc2cc(Cl)c(N)c(Cl)c2)c1. The van der Waals surface area contributed by atoms with Crippen LogP contribution in [0.25, 0.3) is 0 Å². The van der Waals surface area contributed by atoms with Crippen molar-refractivity contribution in [1.82, 2.24) is 4.31 Å². The molecule has 3 N–H and O–H groups in total. The Morgan fingerprint density at radius 2 is 1.86 bits per heavy atom. The van der Waals surface area contributed by atoms with Crippen LogP contribution < -0.4 is 11.1 Å². The summed E-state index contributed by atoms with van der Waals surface area (Å²) in [5.74, 6) is -0.472. The number of rotatable bonds is 4. The lowest BCUT2D eigenvalue weighted by atomic mass is 10.1. The van der Waals surface area contributed by atoms with E-state index in [-0.39, 0.29) is 32.2 Å². The number of carbonyl (C=O) groups is 1. The highest BCUT2D eigenvalue weighted by Crippen LogP contribution is 2.31. The highest BCUT2D eigenvalue weighted by Gasteiger charge is 2.31. The van der Waals surface area contributed by atoms with Crippen LogP contribution in [-0.4, -0.2) is 31.2 Å². The minimum absolute atomic E-state index is 0.0599. The van der Waals surface area contributed by atoms with Crippen LogP contribution in [0.2, 0.25) is 10.0 Å². The number of nitrogens with zero attached hydrogens (tertiary/aromatic N) is 1. The average Bonchev–Trinajstić information content (AvgIpc) is 2.66. The predicted molar refractivity (Wildman–Crippen MR) is 112 cm³/mol. The third kappa shape index (κ3) is 4.27. The zero-order valence-corrected chi connectivity index (χ0v) is 17.6. The number of amides is 1. The van der Waals surface area contributed by atoms with E-state index in [0.29, 0.717) is 12.2 Å². The molecule has 3 rings (SSSR count). The van der Waals surface area contributed by atoms with Crippen molar-refractivity contribution in [1.29, 1.82) is 0 Å². The third-order valence-electron chi connectivity index (χ3n) is 4.78. The van der Waals surface area contributed by atoms with Crippen LogP contribution in [0.3, 0.4) is 0 Å². The number of piperidine rings is 1. The monoisotopic (exact) mass is 441 g/mol. The Morgan fingerprint density at radius 1 is 1.18 bits per heavy atom. The van der Waals surface area contributed by atoms with E-state index in [1.54, 1.807) is 12.1 Å². The first-order valence-corrected chi connectivity index (χ1v) is 11.1. The van der Waals surface area contributed by atoms with Gasteiger partial charge < -0.3 is 11.1 Å². The molecule has 150 valence electrons. The lowest BCUT2D eigenvalue weighted by Crippen LogP contribution is -2.41. The van der Waals surface area contributed by atoms with Gasteiger partial charge in [0.1, 0.15) is 0 Å². The molecule has 1 unspecified atom stereocenters. The van der Waals surface area contributed by atoms with Crippen molar-refractivity contribution >= 4 is 50.5 Å². The molecule has 0 spiro atoms. The van der Waals surface area contributed by atoms with Gasteiger partial charge in [0.05, 0.1) is 20.6 Å². The zero-order chi connectivity index (χ0) is 20.5. The summed E-state index contributed by atoms with van der Waals surface area (Å²) in [5, 5.41) is 3.10. The second-order valence-electron chi connectivity index (χ2n) is 6.80. The van der Waals surface area contributed by atoms with E-state index >= 15 is 0 Å². The summed E-state index contributed by atoms with van der Waals surface area (Å²) >= 11 is 12.0. The summed E-state index contributed by atoms with van der Waals surface area (Å²) in [4.78, 5) is 12.7. The van der Waals surface area contributed by atoms with Gasteiger partial charge in [0.25, 0.3) is 5.91 Å². The lowest BCUT2D eigenvalue weighted by molar-refractivity contribution is 0.102. The molecule has 0 aromatic heterocycles. The fourth-order valence-electron chi connectivity index (χ4n) is 3.22. The van der Waals surface area contributed by atoms with Gasteiger partial charge in [-0.15, -0.1) is 0 Å². The maximum absolute atomic E-state index is 13.0. The molecule has 1 aliphatic rings. The molecule has 2 aromatic rings. The average molecular weight is 442 g/mol. The molecular weight excluding hydrogens is 421 g/mol. The van der Waals surface area contributed by atoms with Crippen molar-refractivity contribution in [3.05, 3.63) is 52.0 Å². The molecule has 1 amide bonds. The Bertz CT molecular complexity index is 988. The Balaban J connectivity index is 1.85. The third-order valence-corrected chi connectivity index (χ3v) is 7.42. The molecule has 1 saturated heterocycles.